The van der Waals surface area contributed by atoms with Crippen LogP contribution < -0.4 is 0 Å². The highest BCUT2D eigenvalue weighted by molar-refractivity contribution is 5.81. The molecule has 5 heteroatoms. The highest BCUT2D eigenvalue weighted by Crippen LogP contribution is 2.19. The molecule has 1 rings (SSSR count). The average Bonchev–Trinajstić information content (AvgIpc) is 2.93. The van der Waals surface area contributed by atoms with Gasteiger partial charge in [-0.05, 0) is 19.1 Å². The van der Waals surface area contributed by atoms with Crippen LogP contribution in [-0.4, -0.2) is 29.9 Å². The Balaban J connectivity index is 2.68. The number of ether oxygens (including phenoxy) is 1. The molecule has 0 radical (unpaired) electrons. The molecule has 1 aromatic heterocycles. The van der Waals surface area contributed by atoms with Crippen LogP contribution in [0.3, 0.4) is 0 Å². The molecule has 0 N–H and O–H groups in total. The molecule has 22 heavy (non-hydrogen) atoms. The van der Waals surface area contributed by atoms with Gasteiger partial charge in [0.05, 0.1) is 26.0 Å². The van der Waals surface area contributed by atoms with Crippen molar-refractivity contribution in [3.8, 4) is 11.8 Å². The summed E-state index contributed by atoms with van der Waals surface area (Å²) in [6.45, 7) is 8.27. The summed E-state index contributed by atoms with van der Waals surface area (Å²) in [6, 6.07) is 3.59. The first kappa shape index (κ1) is 17.8. The third kappa shape index (κ3) is 6.04. The number of esters is 1. The number of nitrogens with zero attached hydrogens (tertiary/aromatic N) is 1. The van der Waals surface area contributed by atoms with Gasteiger partial charge in [-0.3, -0.25) is 9.59 Å². The minimum absolute atomic E-state index is 0.0191. The molecule has 120 valence electrons. The molecule has 0 saturated heterocycles. The Bertz CT molecular complexity index is 543. The molecule has 1 heterocycles. The minimum atomic E-state index is -0.505. The van der Waals surface area contributed by atoms with E-state index in [-0.39, 0.29) is 24.8 Å². The Kier molecular flexibility index (Phi) is 6.71. The van der Waals surface area contributed by atoms with Gasteiger partial charge in [0.2, 0.25) is 5.91 Å². The summed E-state index contributed by atoms with van der Waals surface area (Å²) < 4.78 is 10.1. The zero-order valence-corrected chi connectivity index (χ0v) is 13.6. The highest BCUT2D eigenvalue weighted by Gasteiger charge is 2.27. The number of hydrogen-bond acceptors (Lipinski definition) is 4. The Morgan fingerprint density at radius 3 is 2.59 bits per heavy atom. The largest absolute Gasteiger partial charge is 0.467 e. The Labute approximate surface area is 131 Å². The van der Waals surface area contributed by atoms with Gasteiger partial charge in [-0.1, -0.05) is 32.6 Å². The van der Waals surface area contributed by atoms with Gasteiger partial charge in [0.15, 0.2) is 0 Å². The topological polar surface area (TPSA) is 59.8 Å². The van der Waals surface area contributed by atoms with Crippen molar-refractivity contribution in [2.75, 3.05) is 13.2 Å². The molecule has 5 nitrogen and oxygen atoms in total. The number of hydrogen-bond donors (Lipinski definition) is 0. The van der Waals surface area contributed by atoms with Crippen molar-refractivity contribution >= 4 is 11.9 Å². The van der Waals surface area contributed by atoms with E-state index in [1.807, 2.05) is 26.8 Å². The maximum Gasteiger partial charge on any atom is 0.317 e. The lowest BCUT2D eigenvalue weighted by molar-refractivity contribution is -0.142. The highest BCUT2D eigenvalue weighted by atomic mass is 16.5. The molecule has 0 bridgehead atoms. The maximum absolute atomic E-state index is 12.4. The summed E-state index contributed by atoms with van der Waals surface area (Å²) in [5.41, 5.74) is -0.505. The predicted molar refractivity (Wildman–Crippen MR) is 82.6 cm³/mol. The van der Waals surface area contributed by atoms with E-state index in [9.17, 15) is 9.59 Å². The first-order valence-corrected chi connectivity index (χ1v) is 7.27. The van der Waals surface area contributed by atoms with Gasteiger partial charge in [-0.2, -0.15) is 0 Å². The van der Waals surface area contributed by atoms with Crippen molar-refractivity contribution in [3.05, 3.63) is 24.2 Å². The standard InChI is InChI=1S/C17H23NO4/c1-5-21-15(19)10-6-7-11-18(16(20)17(2,3)4)13-14-9-8-12-22-14/h8-9,12H,5,10-11,13H2,1-4H3. The average molecular weight is 305 g/mol. The van der Waals surface area contributed by atoms with Crippen molar-refractivity contribution < 1.29 is 18.7 Å². The van der Waals surface area contributed by atoms with Crippen LogP contribution in [0.2, 0.25) is 0 Å². The molecule has 0 aliphatic heterocycles. The monoisotopic (exact) mass is 305 g/mol. The summed E-state index contributed by atoms with van der Waals surface area (Å²) in [6.07, 6.45) is 1.60. The third-order valence-electron chi connectivity index (χ3n) is 2.79. The van der Waals surface area contributed by atoms with Crippen molar-refractivity contribution in [1.82, 2.24) is 4.90 Å². The summed E-state index contributed by atoms with van der Waals surface area (Å²) >= 11 is 0. The third-order valence-corrected chi connectivity index (χ3v) is 2.79. The van der Waals surface area contributed by atoms with Gasteiger partial charge in [0.1, 0.15) is 12.2 Å². The van der Waals surface area contributed by atoms with E-state index in [1.165, 1.54) is 0 Å². The number of carbonyl (C=O) groups is 2. The van der Waals surface area contributed by atoms with E-state index in [0.29, 0.717) is 18.9 Å². The second-order valence-electron chi connectivity index (χ2n) is 5.83. The zero-order chi connectivity index (χ0) is 16.6. The lowest BCUT2D eigenvalue weighted by Gasteiger charge is -2.27. The van der Waals surface area contributed by atoms with Crippen LogP contribution in [0.4, 0.5) is 0 Å². The normalized spacial score (nSPS) is 10.5. The van der Waals surface area contributed by atoms with Crippen LogP contribution in [0.1, 0.15) is 39.9 Å². The molecule has 0 spiro atoms. The SMILES string of the molecule is CCOC(=O)CC#CCN(Cc1ccco1)C(=O)C(C)(C)C. The molecular weight excluding hydrogens is 282 g/mol. The maximum atomic E-state index is 12.4. The van der Waals surface area contributed by atoms with Gasteiger partial charge in [-0.25, -0.2) is 0 Å². The van der Waals surface area contributed by atoms with Gasteiger partial charge in [0.25, 0.3) is 0 Å². The number of rotatable bonds is 5. The van der Waals surface area contributed by atoms with E-state index in [1.54, 1.807) is 24.2 Å². The van der Waals surface area contributed by atoms with E-state index < -0.39 is 5.41 Å². The summed E-state index contributed by atoms with van der Waals surface area (Å²) in [4.78, 5) is 25.3. The summed E-state index contributed by atoms with van der Waals surface area (Å²) in [7, 11) is 0. The molecular formula is C17H23NO4. The van der Waals surface area contributed by atoms with E-state index in [2.05, 4.69) is 11.8 Å². The van der Waals surface area contributed by atoms with Crippen molar-refractivity contribution in [2.45, 2.75) is 40.7 Å². The van der Waals surface area contributed by atoms with Crippen molar-refractivity contribution in [2.24, 2.45) is 5.41 Å². The van der Waals surface area contributed by atoms with Crippen LogP contribution in [0, 0.1) is 17.3 Å². The molecule has 0 unspecified atom stereocenters. The van der Waals surface area contributed by atoms with Crippen LogP contribution in [0.25, 0.3) is 0 Å². The summed E-state index contributed by atoms with van der Waals surface area (Å²) in [5.74, 6) is 5.92. The Morgan fingerprint density at radius 2 is 2.05 bits per heavy atom. The van der Waals surface area contributed by atoms with Crippen molar-refractivity contribution in [1.29, 1.82) is 0 Å². The fraction of sp³-hybridized carbons (Fsp3) is 0.529. The first-order chi connectivity index (χ1) is 10.3. The lowest BCUT2D eigenvalue weighted by atomic mass is 9.94. The van der Waals surface area contributed by atoms with E-state index >= 15 is 0 Å². The van der Waals surface area contributed by atoms with E-state index in [4.69, 9.17) is 9.15 Å². The molecule has 0 aromatic carbocycles. The molecule has 0 saturated carbocycles. The van der Waals surface area contributed by atoms with Crippen LogP contribution in [-0.2, 0) is 20.9 Å². The number of furan rings is 1. The quantitative estimate of drug-likeness (QED) is 0.620. The first-order valence-electron chi connectivity index (χ1n) is 7.27. The number of amides is 1. The molecule has 0 atom stereocenters. The minimum Gasteiger partial charge on any atom is -0.467 e. The Morgan fingerprint density at radius 1 is 1.32 bits per heavy atom. The predicted octanol–water partition coefficient (Wildman–Crippen LogP) is 2.61. The molecule has 0 aliphatic carbocycles. The smallest absolute Gasteiger partial charge is 0.317 e. The summed E-state index contributed by atoms with van der Waals surface area (Å²) in [5, 5.41) is 0. The lowest BCUT2D eigenvalue weighted by Crippen LogP contribution is -2.39. The van der Waals surface area contributed by atoms with Gasteiger partial charge in [0, 0.05) is 5.41 Å². The van der Waals surface area contributed by atoms with Crippen LogP contribution in [0.5, 0.6) is 0 Å². The zero-order valence-electron chi connectivity index (χ0n) is 13.6. The van der Waals surface area contributed by atoms with Gasteiger partial charge >= 0.3 is 5.97 Å². The van der Waals surface area contributed by atoms with E-state index in [0.717, 1.165) is 0 Å². The molecule has 0 fully saturated rings. The Hall–Kier alpha value is -2.22. The fourth-order valence-corrected chi connectivity index (χ4v) is 1.76. The van der Waals surface area contributed by atoms with Crippen molar-refractivity contribution in [3.63, 3.8) is 0 Å². The second kappa shape index (κ2) is 8.28. The van der Waals surface area contributed by atoms with Crippen LogP contribution >= 0.6 is 0 Å². The van der Waals surface area contributed by atoms with Gasteiger partial charge in [-0.15, -0.1) is 0 Å². The fourth-order valence-electron chi connectivity index (χ4n) is 1.76. The second-order valence-corrected chi connectivity index (χ2v) is 5.83. The molecule has 1 amide bonds. The number of carbonyl (C=O) groups excluding carboxylic acids is 2. The van der Waals surface area contributed by atoms with Crippen LogP contribution in [0.15, 0.2) is 22.8 Å². The molecule has 1 aromatic rings. The molecule has 0 aliphatic rings. The van der Waals surface area contributed by atoms with Gasteiger partial charge < -0.3 is 14.1 Å².